The summed E-state index contributed by atoms with van der Waals surface area (Å²) in [5.74, 6) is 0.861. The predicted octanol–water partition coefficient (Wildman–Crippen LogP) is 1.00. The number of rotatable bonds is 3. The SMILES string of the molecule is NC1(c2ncc(-c3cccc(-n4cnnn4)c3)[nH]2)CC1. The Morgan fingerprint density at radius 1 is 1.30 bits per heavy atom. The second kappa shape index (κ2) is 3.97. The molecule has 0 bridgehead atoms. The zero-order chi connectivity index (χ0) is 13.6. The van der Waals surface area contributed by atoms with Crippen molar-refractivity contribution in [2.75, 3.05) is 0 Å². The normalized spacial score (nSPS) is 16.2. The molecule has 0 unspecified atom stereocenters. The highest BCUT2D eigenvalue weighted by Crippen LogP contribution is 2.41. The number of imidazole rings is 1. The number of benzene rings is 1. The minimum Gasteiger partial charge on any atom is -0.340 e. The van der Waals surface area contributed by atoms with Crippen molar-refractivity contribution in [3.8, 4) is 16.9 Å². The molecule has 0 atom stereocenters. The quantitative estimate of drug-likeness (QED) is 0.737. The van der Waals surface area contributed by atoms with E-state index in [1.807, 2.05) is 30.5 Å². The monoisotopic (exact) mass is 267 g/mol. The zero-order valence-electron chi connectivity index (χ0n) is 10.7. The first kappa shape index (κ1) is 11.3. The van der Waals surface area contributed by atoms with Gasteiger partial charge in [0.2, 0.25) is 0 Å². The molecular weight excluding hydrogens is 254 g/mol. The van der Waals surface area contributed by atoms with E-state index in [-0.39, 0.29) is 5.54 Å². The molecule has 20 heavy (non-hydrogen) atoms. The Bertz CT molecular complexity index is 740. The van der Waals surface area contributed by atoms with Crippen LogP contribution in [-0.4, -0.2) is 30.2 Å². The Morgan fingerprint density at radius 2 is 2.20 bits per heavy atom. The zero-order valence-corrected chi connectivity index (χ0v) is 10.7. The van der Waals surface area contributed by atoms with Crippen LogP contribution in [0.5, 0.6) is 0 Å². The lowest BCUT2D eigenvalue weighted by atomic mass is 10.1. The fourth-order valence-electron chi connectivity index (χ4n) is 2.19. The summed E-state index contributed by atoms with van der Waals surface area (Å²) >= 11 is 0. The minimum atomic E-state index is -0.244. The number of nitrogens with two attached hydrogens (primary N) is 1. The van der Waals surface area contributed by atoms with Crippen LogP contribution >= 0.6 is 0 Å². The van der Waals surface area contributed by atoms with Crippen LogP contribution in [0.2, 0.25) is 0 Å². The van der Waals surface area contributed by atoms with E-state index in [4.69, 9.17) is 5.73 Å². The standard InChI is InChI=1S/C13H13N7/c14-13(4-5-13)12-15-7-11(17-12)9-2-1-3-10(6-9)20-8-16-18-19-20/h1-3,6-8H,4-5,14H2,(H,15,17). The summed E-state index contributed by atoms with van der Waals surface area (Å²) in [6.45, 7) is 0. The second-order valence-corrected chi connectivity index (χ2v) is 5.11. The van der Waals surface area contributed by atoms with Crippen LogP contribution in [0, 0.1) is 0 Å². The molecule has 0 spiro atoms. The Balaban J connectivity index is 1.72. The summed E-state index contributed by atoms with van der Waals surface area (Å²) in [5.41, 5.74) is 8.78. The Morgan fingerprint density at radius 3 is 2.95 bits per heavy atom. The third kappa shape index (κ3) is 1.79. The predicted molar refractivity (Wildman–Crippen MR) is 71.8 cm³/mol. The van der Waals surface area contributed by atoms with Crippen molar-refractivity contribution in [2.45, 2.75) is 18.4 Å². The van der Waals surface area contributed by atoms with Gasteiger partial charge in [0.15, 0.2) is 0 Å². The van der Waals surface area contributed by atoms with Gasteiger partial charge < -0.3 is 10.7 Å². The van der Waals surface area contributed by atoms with Gasteiger partial charge in [-0.2, -0.15) is 0 Å². The van der Waals surface area contributed by atoms with Crippen LogP contribution in [0.25, 0.3) is 16.9 Å². The summed E-state index contributed by atoms with van der Waals surface area (Å²) in [7, 11) is 0. The van der Waals surface area contributed by atoms with Crippen LogP contribution in [0.3, 0.4) is 0 Å². The largest absolute Gasteiger partial charge is 0.340 e. The molecule has 1 aromatic carbocycles. The number of H-pyrrole nitrogens is 1. The maximum Gasteiger partial charge on any atom is 0.143 e. The van der Waals surface area contributed by atoms with Gasteiger partial charge in [0, 0.05) is 5.56 Å². The van der Waals surface area contributed by atoms with Crippen LogP contribution in [-0.2, 0) is 5.54 Å². The van der Waals surface area contributed by atoms with Gasteiger partial charge in [-0.25, -0.2) is 9.67 Å². The van der Waals surface area contributed by atoms with Crippen molar-refractivity contribution in [3.05, 3.63) is 42.6 Å². The molecular formula is C13H13N7. The maximum atomic E-state index is 6.14. The fraction of sp³-hybridized carbons (Fsp3) is 0.231. The first-order valence-corrected chi connectivity index (χ1v) is 6.43. The second-order valence-electron chi connectivity index (χ2n) is 5.11. The van der Waals surface area contributed by atoms with Gasteiger partial charge in [-0.15, -0.1) is 5.10 Å². The Kier molecular flexibility index (Phi) is 2.25. The highest BCUT2D eigenvalue weighted by Gasteiger charge is 2.42. The van der Waals surface area contributed by atoms with Crippen molar-refractivity contribution >= 4 is 0 Å². The Hall–Kier alpha value is -2.54. The number of aromatic amines is 1. The molecule has 1 fully saturated rings. The van der Waals surface area contributed by atoms with E-state index in [0.29, 0.717) is 0 Å². The van der Waals surface area contributed by atoms with E-state index in [2.05, 4.69) is 25.5 Å². The third-order valence-electron chi connectivity index (χ3n) is 3.61. The maximum absolute atomic E-state index is 6.14. The van der Waals surface area contributed by atoms with Gasteiger partial charge in [0.1, 0.15) is 12.2 Å². The lowest BCUT2D eigenvalue weighted by Crippen LogP contribution is -2.20. The lowest BCUT2D eigenvalue weighted by molar-refractivity contribution is 0.685. The number of hydrogen-bond acceptors (Lipinski definition) is 5. The van der Waals surface area contributed by atoms with E-state index < -0.39 is 0 Å². The average molecular weight is 267 g/mol. The number of aromatic nitrogens is 6. The van der Waals surface area contributed by atoms with Crippen LogP contribution in [0.15, 0.2) is 36.8 Å². The fourth-order valence-corrected chi connectivity index (χ4v) is 2.19. The molecule has 1 aliphatic carbocycles. The molecule has 0 aliphatic heterocycles. The molecule has 0 radical (unpaired) electrons. The molecule has 4 rings (SSSR count). The molecule has 3 N–H and O–H groups in total. The first-order chi connectivity index (χ1) is 9.74. The molecule has 7 heteroatoms. The molecule has 2 heterocycles. The molecule has 1 aliphatic rings. The van der Waals surface area contributed by atoms with Gasteiger partial charge in [-0.05, 0) is 35.4 Å². The molecule has 0 amide bonds. The van der Waals surface area contributed by atoms with Crippen LogP contribution in [0.4, 0.5) is 0 Å². The average Bonchev–Trinajstić information content (AvgIpc) is 2.96. The van der Waals surface area contributed by atoms with Crippen molar-refractivity contribution in [3.63, 3.8) is 0 Å². The van der Waals surface area contributed by atoms with Crippen molar-refractivity contribution in [2.24, 2.45) is 5.73 Å². The van der Waals surface area contributed by atoms with E-state index >= 15 is 0 Å². The highest BCUT2D eigenvalue weighted by molar-refractivity contribution is 5.62. The van der Waals surface area contributed by atoms with Gasteiger partial charge in [0.25, 0.3) is 0 Å². The Labute approximate surface area is 114 Å². The van der Waals surface area contributed by atoms with Crippen molar-refractivity contribution < 1.29 is 0 Å². The number of tetrazole rings is 1. The molecule has 1 saturated carbocycles. The van der Waals surface area contributed by atoms with Gasteiger partial charge in [0.05, 0.1) is 23.1 Å². The van der Waals surface area contributed by atoms with Gasteiger partial charge in [-0.3, -0.25) is 0 Å². The summed E-state index contributed by atoms with van der Waals surface area (Å²) in [5, 5.41) is 11.2. The van der Waals surface area contributed by atoms with Crippen LogP contribution in [0.1, 0.15) is 18.7 Å². The highest BCUT2D eigenvalue weighted by atomic mass is 15.5. The van der Waals surface area contributed by atoms with Gasteiger partial charge >= 0.3 is 0 Å². The topological polar surface area (TPSA) is 98.3 Å². The van der Waals surface area contributed by atoms with Crippen molar-refractivity contribution in [1.29, 1.82) is 0 Å². The summed E-state index contributed by atoms with van der Waals surface area (Å²) in [4.78, 5) is 7.70. The van der Waals surface area contributed by atoms with E-state index in [1.165, 1.54) is 0 Å². The van der Waals surface area contributed by atoms with E-state index in [9.17, 15) is 0 Å². The smallest absolute Gasteiger partial charge is 0.143 e. The summed E-state index contributed by atoms with van der Waals surface area (Å²) in [6.07, 6.45) is 5.37. The van der Waals surface area contributed by atoms with Crippen molar-refractivity contribution in [1.82, 2.24) is 30.2 Å². The number of nitrogens with zero attached hydrogens (tertiary/aromatic N) is 5. The van der Waals surface area contributed by atoms with Gasteiger partial charge in [-0.1, -0.05) is 12.1 Å². The van der Waals surface area contributed by atoms with E-state index in [0.717, 1.165) is 35.6 Å². The third-order valence-corrected chi connectivity index (χ3v) is 3.61. The molecule has 100 valence electrons. The molecule has 0 saturated heterocycles. The van der Waals surface area contributed by atoms with E-state index in [1.54, 1.807) is 11.0 Å². The first-order valence-electron chi connectivity index (χ1n) is 6.43. The number of hydrogen-bond donors (Lipinski definition) is 2. The molecule has 7 nitrogen and oxygen atoms in total. The summed E-state index contributed by atoms with van der Waals surface area (Å²) < 4.78 is 1.62. The molecule has 2 aromatic heterocycles. The minimum absolute atomic E-state index is 0.244. The summed E-state index contributed by atoms with van der Waals surface area (Å²) in [6, 6.07) is 7.93. The molecule has 3 aromatic rings. The number of nitrogens with one attached hydrogen (secondary N) is 1. The lowest BCUT2D eigenvalue weighted by Gasteiger charge is -2.04. The van der Waals surface area contributed by atoms with Crippen LogP contribution < -0.4 is 5.73 Å².